The Morgan fingerprint density at radius 2 is 1.95 bits per heavy atom. The molecule has 1 amide bonds. The summed E-state index contributed by atoms with van der Waals surface area (Å²) in [5.74, 6) is 0.623. The van der Waals surface area contributed by atoms with Crippen LogP contribution in [0.2, 0.25) is 0 Å². The largest absolute Gasteiger partial charge is 0.480 e. The van der Waals surface area contributed by atoms with E-state index in [-0.39, 0.29) is 5.91 Å². The lowest BCUT2D eigenvalue weighted by Crippen LogP contribution is -2.31. The Hall–Kier alpha value is -2.33. The number of aliphatic hydroxyl groups excluding tert-OH is 1. The first-order valence-corrected chi connectivity index (χ1v) is 6.97. The van der Waals surface area contributed by atoms with Crippen molar-refractivity contribution in [1.29, 1.82) is 0 Å². The molecule has 4 heteroatoms. The van der Waals surface area contributed by atoms with Crippen molar-refractivity contribution in [1.82, 2.24) is 0 Å². The lowest BCUT2D eigenvalue weighted by Gasteiger charge is -2.12. The molecule has 0 radical (unpaired) electrons. The smallest absolute Gasteiger partial charge is 0.265 e. The molecule has 4 nitrogen and oxygen atoms in total. The minimum atomic E-state index is -0.512. The van der Waals surface area contributed by atoms with Crippen molar-refractivity contribution in [2.45, 2.75) is 25.6 Å². The van der Waals surface area contributed by atoms with Gasteiger partial charge in [-0.1, -0.05) is 30.3 Å². The zero-order chi connectivity index (χ0) is 14.8. The normalized spacial score (nSPS) is 17.7. The Morgan fingerprint density at radius 1 is 1.24 bits per heavy atom. The fraction of sp³-hybridized carbons (Fsp3) is 0.235. The summed E-state index contributed by atoms with van der Waals surface area (Å²) in [7, 11) is 0. The molecule has 0 aromatic heterocycles. The number of nitrogens with one attached hydrogen (secondary N) is 1. The first kappa shape index (κ1) is 13.6. The lowest BCUT2D eigenvalue weighted by molar-refractivity contribution is -0.122. The zero-order valence-electron chi connectivity index (χ0n) is 11.7. The summed E-state index contributed by atoms with van der Waals surface area (Å²) in [5, 5.41) is 12.3. The third-order valence-electron chi connectivity index (χ3n) is 3.60. The third kappa shape index (κ3) is 2.90. The Morgan fingerprint density at radius 3 is 2.62 bits per heavy atom. The summed E-state index contributed by atoms with van der Waals surface area (Å²) in [5.41, 5.74) is 2.57. The summed E-state index contributed by atoms with van der Waals surface area (Å²) >= 11 is 0. The summed E-state index contributed by atoms with van der Waals surface area (Å²) in [4.78, 5) is 12.2. The number of rotatable bonds is 3. The van der Waals surface area contributed by atoms with Gasteiger partial charge in [-0.2, -0.15) is 0 Å². The van der Waals surface area contributed by atoms with Gasteiger partial charge >= 0.3 is 0 Å². The van der Waals surface area contributed by atoms with Gasteiger partial charge < -0.3 is 15.2 Å². The fourth-order valence-corrected chi connectivity index (χ4v) is 2.40. The number of anilines is 1. The van der Waals surface area contributed by atoms with Crippen LogP contribution in [0.3, 0.4) is 0 Å². The minimum absolute atomic E-state index is 0.156. The average molecular weight is 283 g/mol. The molecule has 2 unspecified atom stereocenters. The molecule has 0 bridgehead atoms. The van der Waals surface area contributed by atoms with E-state index in [1.165, 1.54) is 0 Å². The van der Waals surface area contributed by atoms with Crippen molar-refractivity contribution >= 4 is 11.6 Å². The molecule has 2 N–H and O–H groups in total. The van der Waals surface area contributed by atoms with Gasteiger partial charge in [-0.25, -0.2) is 0 Å². The second kappa shape index (κ2) is 5.58. The first-order valence-electron chi connectivity index (χ1n) is 6.97. The molecule has 2 aromatic carbocycles. The van der Waals surface area contributed by atoms with E-state index in [0.29, 0.717) is 12.1 Å². The molecular formula is C17H17NO3. The van der Waals surface area contributed by atoms with Gasteiger partial charge in [-0.15, -0.1) is 0 Å². The van der Waals surface area contributed by atoms with E-state index in [0.717, 1.165) is 16.9 Å². The van der Waals surface area contributed by atoms with Crippen molar-refractivity contribution in [3.05, 3.63) is 59.7 Å². The maximum absolute atomic E-state index is 12.2. The van der Waals surface area contributed by atoms with Gasteiger partial charge in [0.2, 0.25) is 0 Å². The van der Waals surface area contributed by atoms with E-state index in [2.05, 4.69) is 5.32 Å². The maximum Gasteiger partial charge on any atom is 0.265 e. The molecule has 1 heterocycles. The fourth-order valence-electron chi connectivity index (χ4n) is 2.40. The van der Waals surface area contributed by atoms with Crippen LogP contribution < -0.4 is 10.1 Å². The monoisotopic (exact) mass is 283 g/mol. The molecule has 108 valence electrons. The average Bonchev–Trinajstić information content (AvgIpc) is 2.92. The second-order valence-electron chi connectivity index (χ2n) is 5.21. The number of aliphatic hydroxyl groups is 1. The highest BCUT2D eigenvalue weighted by atomic mass is 16.5. The van der Waals surface area contributed by atoms with Crippen LogP contribution in [0, 0.1) is 0 Å². The number of benzene rings is 2. The van der Waals surface area contributed by atoms with Crippen LogP contribution in [0.4, 0.5) is 5.69 Å². The van der Waals surface area contributed by atoms with Gasteiger partial charge in [0.1, 0.15) is 5.75 Å². The molecule has 0 saturated carbocycles. The van der Waals surface area contributed by atoms with Crippen LogP contribution in [0.1, 0.15) is 24.2 Å². The van der Waals surface area contributed by atoms with E-state index in [1.54, 1.807) is 31.2 Å². The van der Waals surface area contributed by atoms with Crippen LogP contribution in [-0.4, -0.2) is 17.1 Å². The Bertz CT molecular complexity index is 624. The molecule has 0 fully saturated rings. The van der Waals surface area contributed by atoms with Crippen LogP contribution >= 0.6 is 0 Å². The Balaban J connectivity index is 1.65. The van der Waals surface area contributed by atoms with Crippen LogP contribution in [0.25, 0.3) is 0 Å². The number of hydrogen-bond donors (Lipinski definition) is 2. The van der Waals surface area contributed by atoms with E-state index in [9.17, 15) is 9.90 Å². The van der Waals surface area contributed by atoms with Crippen molar-refractivity contribution in [3.8, 4) is 5.75 Å². The molecule has 1 aliphatic rings. The van der Waals surface area contributed by atoms with Gasteiger partial charge in [-0.05, 0) is 36.2 Å². The molecule has 2 aromatic rings. The van der Waals surface area contributed by atoms with Crippen LogP contribution in [0.5, 0.6) is 5.75 Å². The van der Waals surface area contributed by atoms with Gasteiger partial charge in [0.15, 0.2) is 6.10 Å². The number of carbonyl (C=O) groups excluding carboxylic acids is 1. The van der Waals surface area contributed by atoms with Gasteiger partial charge in [0, 0.05) is 12.1 Å². The standard InChI is InChI=1S/C17H17NO3/c1-11(19)12-6-8-14(9-7-12)18-17(20)16-10-13-4-2-3-5-15(13)21-16/h2-9,11,16,19H,10H2,1H3,(H,18,20). The highest BCUT2D eigenvalue weighted by Gasteiger charge is 2.28. The van der Waals surface area contributed by atoms with Gasteiger partial charge in [0.05, 0.1) is 6.10 Å². The van der Waals surface area contributed by atoms with Gasteiger partial charge in [-0.3, -0.25) is 4.79 Å². The number of para-hydroxylation sites is 1. The highest BCUT2D eigenvalue weighted by molar-refractivity contribution is 5.95. The molecule has 0 saturated heterocycles. The van der Waals surface area contributed by atoms with Crippen molar-refractivity contribution < 1.29 is 14.6 Å². The summed E-state index contributed by atoms with van der Waals surface area (Å²) in [6, 6.07) is 14.8. The summed E-state index contributed by atoms with van der Waals surface area (Å²) < 4.78 is 5.65. The highest BCUT2D eigenvalue weighted by Crippen LogP contribution is 2.28. The molecule has 21 heavy (non-hydrogen) atoms. The van der Waals surface area contributed by atoms with Gasteiger partial charge in [0.25, 0.3) is 5.91 Å². The number of carbonyl (C=O) groups is 1. The second-order valence-corrected chi connectivity index (χ2v) is 5.21. The summed E-state index contributed by atoms with van der Waals surface area (Å²) in [6.07, 6.45) is -0.408. The lowest BCUT2D eigenvalue weighted by atomic mass is 10.1. The predicted molar refractivity (Wildman–Crippen MR) is 80.3 cm³/mol. The van der Waals surface area contributed by atoms with E-state index in [4.69, 9.17) is 4.74 Å². The quantitative estimate of drug-likeness (QED) is 0.910. The topological polar surface area (TPSA) is 58.6 Å². The van der Waals surface area contributed by atoms with E-state index >= 15 is 0 Å². The first-order chi connectivity index (χ1) is 10.1. The van der Waals surface area contributed by atoms with Crippen LogP contribution in [0.15, 0.2) is 48.5 Å². The van der Waals surface area contributed by atoms with Crippen molar-refractivity contribution in [3.63, 3.8) is 0 Å². The van der Waals surface area contributed by atoms with E-state index < -0.39 is 12.2 Å². The number of ether oxygens (including phenoxy) is 1. The molecule has 2 atom stereocenters. The van der Waals surface area contributed by atoms with Crippen molar-refractivity contribution in [2.24, 2.45) is 0 Å². The Kier molecular flexibility index (Phi) is 3.62. The Labute approximate surface area is 123 Å². The number of amides is 1. The molecular weight excluding hydrogens is 266 g/mol. The molecule has 1 aliphatic heterocycles. The van der Waals surface area contributed by atoms with Crippen LogP contribution in [-0.2, 0) is 11.2 Å². The van der Waals surface area contributed by atoms with E-state index in [1.807, 2.05) is 24.3 Å². The number of hydrogen-bond acceptors (Lipinski definition) is 3. The molecule has 0 aliphatic carbocycles. The minimum Gasteiger partial charge on any atom is -0.480 e. The SMILES string of the molecule is CC(O)c1ccc(NC(=O)C2Cc3ccccc3O2)cc1. The molecule has 3 rings (SSSR count). The zero-order valence-corrected chi connectivity index (χ0v) is 11.7. The third-order valence-corrected chi connectivity index (χ3v) is 3.60. The predicted octanol–water partition coefficient (Wildman–Crippen LogP) is 2.68. The number of fused-ring (bicyclic) bond motifs is 1. The summed E-state index contributed by atoms with van der Waals surface area (Å²) in [6.45, 7) is 1.71. The van der Waals surface area contributed by atoms with Crippen molar-refractivity contribution in [2.75, 3.05) is 5.32 Å². The molecule has 0 spiro atoms. The maximum atomic E-state index is 12.2.